The molecule has 0 saturated heterocycles. The van der Waals surface area contributed by atoms with Gasteiger partial charge in [-0.1, -0.05) is 18.2 Å². The number of hydrogen-bond acceptors (Lipinski definition) is 4. The molecule has 3 amide bonds. The number of benzene rings is 2. The average Bonchev–Trinajstić information content (AvgIpc) is 2.63. The summed E-state index contributed by atoms with van der Waals surface area (Å²) < 4.78 is 13.0. The normalized spacial score (nSPS) is 11.0. The summed E-state index contributed by atoms with van der Waals surface area (Å²) in [7, 11) is 0. The first-order valence-electron chi connectivity index (χ1n) is 8.62. The van der Waals surface area contributed by atoms with Crippen molar-refractivity contribution < 1.29 is 18.8 Å². The summed E-state index contributed by atoms with van der Waals surface area (Å²) in [4.78, 5) is 36.2. The lowest BCUT2D eigenvalue weighted by atomic mass is 10.0. The number of carbonyl (C=O) groups is 3. The van der Waals surface area contributed by atoms with Gasteiger partial charge >= 0.3 is 0 Å². The first-order chi connectivity index (χ1) is 13.1. The van der Waals surface area contributed by atoms with E-state index in [0.29, 0.717) is 16.8 Å². The molecule has 0 aliphatic rings. The fourth-order valence-corrected chi connectivity index (χ4v) is 2.41. The Kier molecular flexibility index (Phi) is 6.48. The zero-order chi connectivity index (χ0) is 20.9. The average molecular weight is 386 g/mol. The Hall–Kier alpha value is -3.26. The molecule has 148 valence electrons. The van der Waals surface area contributed by atoms with Crippen LogP contribution in [0.25, 0.3) is 0 Å². The van der Waals surface area contributed by atoms with E-state index in [1.54, 1.807) is 12.1 Å². The summed E-state index contributed by atoms with van der Waals surface area (Å²) in [5, 5.41) is 5.26. The van der Waals surface area contributed by atoms with Gasteiger partial charge < -0.3 is 22.1 Å². The van der Waals surface area contributed by atoms with Crippen molar-refractivity contribution in [1.29, 1.82) is 0 Å². The zero-order valence-corrected chi connectivity index (χ0v) is 15.7. The van der Waals surface area contributed by atoms with E-state index in [9.17, 15) is 18.8 Å². The van der Waals surface area contributed by atoms with Gasteiger partial charge in [-0.15, -0.1) is 0 Å². The van der Waals surface area contributed by atoms with Gasteiger partial charge in [0.15, 0.2) is 0 Å². The number of hydrogen-bond donors (Lipinski definition) is 4. The monoisotopic (exact) mass is 386 g/mol. The van der Waals surface area contributed by atoms with Crippen LogP contribution in [-0.4, -0.2) is 23.3 Å². The second-order valence-corrected chi connectivity index (χ2v) is 6.87. The molecule has 0 saturated carbocycles. The van der Waals surface area contributed by atoms with Crippen molar-refractivity contribution in [1.82, 2.24) is 5.32 Å². The molecule has 0 heterocycles. The van der Waals surface area contributed by atoms with Gasteiger partial charge in [-0.05, 0) is 49.2 Å². The van der Waals surface area contributed by atoms with Gasteiger partial charge in [0.1, 0.15) is 11.4 Å². The molecule has 0 bridgehead atoms. The Labute approximate surface area is 162 Å². The molecular formula is C20H23FN4O3. The van der Waals surface area contributed by atoms with Gasteiger partial charge in [-0.25, -0.2) is 4.39 Å². The van der Waals surface area contributed by atoms with E-state index >= 15 is 0 Å². The third kappa shape index (κ3) is 5.37. The zero-order valence-electron chi connectivity index (χ0n) is 15.7. The van der Waals surface area contributed by atoms with Crippen molar-refractivity contribution in [3.63, 3.8) is 0 Å². The van der Waals surface area contributed by atoms with E-state index in [1.165, 1.54) is 44.2 Å². The maximum absolute atomic E-state index is 13.0. The summed E-state index contributed by atoms with van der Waals surface area (Å²) in [6.07, 6.45) is 0.0371. The number of anilines is 1. The Morgan fingerprint density at radius 2 is 1.71 bits per heavy atom. The van der Waals surface area contributed by atoms with Gasteiger partial charge in [0.05, 0.1) is 6.42 Å². The predicted molar refractivity (Wildman–Crippen MR) is 104 cm³/mol. The summed E-state index contributed by atoms with van der Waals surface area (Å²) in [5.41, 5.74) is 11.7. The molecule has 0 unspecified atom stereocenters. The van der Waals surface area contributed by atoms with E-state index in [4.69, 9.17) is 11.5 Å². The molecule has 28 heavy (non-hydrogen) atoms. The maximum atomic E-state index is 13.0. The highest BCUT2D eigenvalue weighted by Crippen LogP contribution is 2.19. The first-order valence-corrected chi connectivity index (χ1v) is 8.62. The van der Waals surface area contributed by atoms with Crippen molar-refractivity contribution in [2.75, 3.05) is 5.32 Å². The van der Waals surface area contributed by atoms with E-state index in [1.807, 2.05) is 0 Å². The molecule has 0 fully saturated rings. The third-order valence-electron chi connectivity index (χ3n) is 4.19. The van der Waals surface area contributed by atoms with Crippen molar-refractivity contribution in [2.45, 2.75) is 32.4 Å². The minimum Gasteiger partial charge on any atom is -0.368 e. The predicted octanol–water partition coefficient (Wildman–Crippen LogP) is 1.46. The van der Waals surface area contributed by atoms with Gasteiger partial charge in [-0.2, -0.15) is 0 Å². The minimum atomic E-state index is -1.23. The van der Waals surface area contributed by atoms with Gasteiger partial charge in [0.25, 0.3) is 5.91 Å². The molecule has 0 radical (unpaired) electrons. The van der Waals surface area contributed by atoms with Crippen LogP contribution in [0.5, 0.6) is 0 Å². The molecule has 0 aliphatic heterocycles. The maximum Gasteiger partial charge on any atom is 0.252 e. The van der Waals surface area contributed by atoms with Crippen molar-refractivity contribution in [2.24, 2.45) is 11.5 Å². The Morgan fingerprint density at radius 1 is 1.07 bits per heavy atom. The van der Waals surface area contributed by atoms with Crippen LogP contribution in [0.15, 0.2) is 42.5 Å². The van der Waals surface area contributed by atoms with Crippen molar-refractivity contribution in [3.05, 3.63) is 65.0 Å². The minimum absolute atomic E-state index is 0.0371. The third-order valence-corrected chi connectivity index (χ3v) is 4.19. The largest absolute Gasteiger partial charge is 0.368 e. The highest BCUT2D eigenvalue weighted by molar-refractivity contribution is 6.00. The van der Waals surface area contributed by atoms with Crippen LogP contribution in [-0.2, 0) is 22.6 Å². The summed E-state index contributed by atoms with van der Waals surface area (Å²) >= 11 is 0. The van der Waals surface area contributed by atoms with Crippen LogP contribution in [0.1, 0.15) is 35.3 Å². The SMILES string of the molecule is CC(C)(NC(=O)c1ccc(CN)c(NC(=O)Cc2ccc(F)cc2)c1)C(N)=O. The Balaban J connectivity index is 2.17. The van der Waals surface area contributed by atoms with Gasteiger partial charge in [0.2, 0.25) is 11.8 Å². The van der Waals surface area contributed by atoms with E-state index in [2.05, 4.69) is 10.6 Å². The highest BCUT2D eigenvalue weighted by atomic mass is 19.1. The molecule has 2 aromatic rings. The van der Waals surface area contributed by atoms with E-state index < -0.39 is 17.4 Å². The lowest BCUT2D eigenvalue weighted by molar-refractivity contribution is -0.122. The molecular weight excluding hydrogens is 363 g/mol. The highest BCUT2D eigenvalue weighted by Gasteiger charge is 2.27. The number of nitrogens with two attached hydrogens (primary N) is 2. The quantitative estimate of drug-likeness (QED) is 0.574. The van der Waals surface area contributed by atoms with Crippen LogP contribution in [0.2, 0.25) is 0 Å². The van der Waals surface area contributed by atoms with Crippen LogP contribution in [0.4, 0.5) is 10.1 Å². The van der Waals surface area contributed by atoms with Gasteiger partial charge in [0, 0.05) is 17.8 Å². The topological polar surface area (TPSA) is 127 Å². The van der Waals surface area contributed by atoms with Crippen LogP contribution >= 0.6 is 0 Å². The molecule has 8 heteroatoms. The summed E-state index contributed by atoms with van der Waals surface area (Å²) in [5.74, 6) is -1.91. The molecule has 0 aliphatic carbocycles. The van der Waals surface area contributed by atoms with Crippen LogP contribution < -0.4 is 22.1 Å². The van der Waals surface area contributed by atoms with Crippen molar-refractivity contribution >= 4 is 23.4 Å². The van der Waals surface area contributed by atoms with E-state index in [-0.39, 0.29) is 30.3 Å². The molecule has 0 spiro atoms. The molecule has 2 rings (SSSR count). The number of halogens is 1. The lowest BCUT2D eigenvalue weighted by Crippen LogP contribution is -2.53. The molecule has 7 nitrogen and oxygen atoms in total. The lowest BCUT2D eigenvalue weighted by Gasteiger charge is -2.22. The molecule has 0 atom stereocenters. The number of carbonyl (C=O) groups excluding carboxylic acids is 3. The van der Waals surface area contributed by atoms with Crippen LogP contribution in [0.3, 0.4) is 0 Å². The summed E-state index contributed by atoms with van der Waals surface area (Å²) in [6.45, 7) is 3.14. The van der Waals surface area contributed by atoms with Crippen LogP contribution in [0, 0.1) is 5.82 Å². The smallest absolute Gasteiger partial charge is 0.252 e. The number of amides is 3. The fourth-order valence-electron chi connectivity index (χ4n) is 2.41. The molecule has 0 aromatic heterocycles. The van der Waals surface area contributed by atoms with E-state index in [0.717, 1.165) is 0 Å². The fraction of sp³-hybridized carbons (Fsp3) is 0.250. The van der Waals surface area contributed by atoms with Crippen molar-refractivity contribution in [3.8, 4) is 0 Å². The van der Waals surface area contributed by atoms with Gasteiger partial charge in [-0.3, -0.25) is 14.4 Å². The number of nitrogens with one attached hydrogen (secondary N) is 2. The number of rotatable bonds is 7. The molecule has 6 N–H and O–H groups in total. The second-order valence-electron chi connectivity index (χ2n) is 6.87. The summed E-state index contributed by atoms with van der Waals surface area (Å²) in [6, 6.07) is 10.3. The first kappa shape index (κ1) is 21.0. The Morgan fingerprint density at radius 3 is 2.29 bits per heavy atom. The second kappa shape index (κ2) is 8.62. The standard InChI is InChI=1S/C20H23FN4O3/c1-20(2,19(23)28)25-18(27)13-5-6-14(11-22)16(10-13)24-17(26)9-12-3-7-15(21)8-4-12/h3-8,10H,9,11,22H2,1-2H3,(H2,23,28)(H,24,26)(H,25,27). The molecule has 2 aromatic carbocycles. The number of primary amides is 1. The Bertz CT molecular complexity index is 895.